The molecule has 2 saturated heterocycles. The lowest BCUT2D eigenvalue weighted by atomic mass is 9.86. The predicted octanol–water partition coefficient (Wildman–Crippen LogP) is 4.38. The number of carbonyl (C=O) groups excluding carboxylic acids is 1. The number of pyridine rings is 1. The van der Waals surface area contributed by atoms with Crippen molar-refractivity contribution in [1.82, 2.24) is 14.8 Å². The Kier molecular flexibility index (Phi) is 6.26. The molecule has 1 aromatic heterocycles. The lowest BCUT2D eigenvalue weighted by Crippen LogP contribution is -2.36. The molecule has 0 N–H and O–H groups in total. The van der Waals surface area contributed by atoms with E-state index in [1.54, 1.807) is 12.3 Å². The molecule has 1 spiro atoms. The molecule has 3 aromatic rings. The molecule has 2 aromatic carbocycles. The van der Waals surface area contributed by atoms with Gasteiger partial charge in [0.15, 0.2) is 6.61 Å². The standard InChI is InChI=1S/C27H29N3O3/c31-26(19-32-23-9-11-24(12-10-23)33-25-8-4-5-15-28-25)30-17-14-27(21-30)13-16-29(20-27)18-22-6-2-1-3-7-22/h1-12,15H,13-14,16-21H2. The van der Waals surface area contributed by atoms with E-state index in [1.807, 2.05) is 41.3 Å². The average molecular weight is 444 g/mol. The van der Waals surface area contributed by atoms with Gasteiger partial charge in [-0.05, 0) is 55.3 Å². The molecule has 1 atom stereocenters. The van der Waals surface area contributed by atoms with E-state index in [0.29, 0.717) is 17.4 Å². The van der Waals surface area contributed by atoms with E-state index in [0.717, 1.165) is 45.6 Å². The molecule has 33 heavy (non-hydrogen) atoms. The number of likely N-dealkylation sites (tertiary alicyclic amines) is 2. The number of benzene rings is 2. The van der Waals surface area contributed by atoms with Gasteiger partial charge in [-0.25, -0.2) is 4.98 Å². The van der Waals surface area contributed by atoms with E-state index in [4.69, 9.17) is 9.47 Å². The van der Waals surface area contributed by atoms with Gasteiger partial charge in [0.1, 0.15) is 11.5 Å². The van der Waals surface area contributed by atoms with Gasteiger partial charge in [-0.2, -0.15) is 0 Å². The summed E-state index contributed by atoms with van der Waals surface area (Å²) in [6, 6.07) is 23.4. The molecule has 0 saturated carbocycles. The molecule has 6 nitrogen and oxygen atoms in total. The lowest BCUT2D eigenvalue weighted by Gasteiger charge is -2.25. The number of amides is 1. The molecule has 3 heterocycles. The van der Waals surface area contributed by atoms with Gasteiger partial charge in [0.05, 0.1) is 0 Å². The summed E-state index contributed by atoms with van der Waals surface area (Å²) in [6.07, 6.45) is 3.92. The van der Waals surface area contributed by atoms with Crippen LogP contribution >= 0.6 is 0 Å². The van der Waals surface area contributed by atoms with Gasteiger partial charge in [0, 0.05) is 43.9 Å². The molecule has 0 bridgehead atoms. The molecule has 0 radical (unpaired) electrons. The smallest absolute Gasteiger partial charge is 0.260 e. The van der Waals surface area contributed by atoms with Crippen molar-refractivity contribution in [2.24, 2.45) is 5.41 Å². The molecule has 2 aliphatic heterocycles. The highest BCUT2D eigenvalue weighted by molar-refractivity contribution is 5.78. The van der Waals surface area contributed by atoms with Crippen LogP contribution in [0.1, 0.15) is 18.4 Å². The second kappa shape index (κ2) is 9.63. The van der Waals surface area contributed by atoms with Gasteiger partial charge >= 0.3 is 0 Å². The van der Waals surface area contributed by atoms with Crippen LogP contribution in [0.15, 0.2) is 79.0 Å². The van der Waals surface area contributed by atoms with Crippen LogP contribution in [0.4, 0.5) is 0 Å². The van der Waals surface area contributed by atoms with Crippen molar-refractivity contribution in [1.29, 1.82) is 0 Å². The number of ether oxygens (including phenoxy) is 2. The Morgan fingerprint density at radius 2 is 1.64 bits per heavy atom. The zero-order valence-electron chi connectivity index (χ0n) is 18.7. The first-order valence-electron chi connectivity index (χ1n) is 11.5. The zero-order chi connectivity index (χ0) is 22.5. The van der Waals surface area contributed by atoms with E-state index in [-0.39, 0.29) is 17.9 Å². The first-order chi connectivity index (χ1) is 16.2. The maximum Gasteiger partial charge on any atom is 0.260 e. The van der Waals surface area contributed by atoms with Crippen molar-refractivity contribution in [3.63, 3.8) is 0 Å². The number of hydrogen-bond acceptors (Lipinski definition) is 5. The highest BCUT2D eigenvalue weighted by atomic mass is 16.5. The Morgan fingerprint density at radius 1 is 0.879 bits per heavy atom. The average Bonchev–Trinajstić information content (AvgIpc) is 3.46. The van der Waals surface area contributed by atoms with Crippen LogP contribution in [-0.4, -0.2) is 53.5 Å². The predicted molar refractivity (Wildman–Crippen MR) is 126 cm³/mol. The van der Waals surface area contributed by atoms with Gasteiger partial charge in [0.2, 0.25) is 5.88 Å². The summed E-state index contributed by atoms with van der Waals surface area (Å²) in [5, 5.41) is 0. The SMILES string of the molecule is O=C(COc1ccc(Oc2ccccn2)cc1)N1CCC2(CCN(Cc3ccccc3)C2)C1. The highest BCUT2D eigenvalue weighted by Gasteiger charge is 2.44. The quantitative estimate of drug-likeness (QED) is 0.543. The molecular weight excluding hydrogens is 414 g/mol. The number of hydrogen-bond donors (Lipinski definition) is 0. The van der Waals surface area contributed by atoms with Crippen molar-refractivity contribution in [3.8, 4) is 17.4 Å². The summed E-state index contributed by atoms with van der Waals surface area (Å²) in [7, 11) is 0. The monoisotopic (exact) mass is 443 g/mol. The lowest BCUT2D eigenvalue weighted by molar-refractivity contribution is -0.132. The van der Waals surface area contributed by atoms with E-state index < -0.39 is 0 Å². The minimum atomic E-state index is 0.0576. The van der Waals surface area contributed by atoms with Crippen molar-refractivity contribution in [3.05, 3.63) is 84.6 Å². The van der Waals surface area contributed by atoms with E-state index in [1.165, 1.54) is 5.56 Å². The molecule has 5 rings (SSSR count). The van der Waals surface area contributed by atoms with E-state index >= 15 is 0 Å². The van der Waals surface area contributed by atoms with Crippen LogP contribution in [0.5, 0.6) is 17.4 Å². The molecular formula is C27H29N3O3. The largest absolute Gasteiger partial charge is 0.484 e. The highest BCUT2D eigenvalue weighted by Crippen LogP contribution is 2.40. The number of rotatable bonds is 7. The van der Waals surface area contributed by atoms with Crippen molar-refractivity contribution in [2.75, 3.05) is 32.8 Å². The number of aromatic nitrogens is 1. The minimum Gasteiger partial charge on any atom is -0.484 e. The second-order valence-electron chi connectivity index (χ2n) is 9.04. The molecule has 2 fully saturated rings. The van der Waals surface area contributed by atoms with E-state index in [9.17, 15) is 4.79 Å². The summed E-state index contributed by atoms with van der Waals surface area (Å²) in [6.45, 7) is 4.85. The Bertz CT molecular complexity index is 1060. The summed E-state index contributed by atoms with van der Waals surface area (Å²) >= 11 is 0. The van der Waals surface area contributed by atoms with Crippen molar-refractivity contribution < 1.29 is 14.3 Å². The van der Waals surface area contributed by atoms with Crippen molar-refractivity contribution in [2.45, 2.75) is 19.4 Å². The fourth-order valence-corrected chi connectivity index (χ4v) is 4.85. The van der Waals surface area contributed by atoms with Gasteiger partial charge in [-0.3, -0.25) is 9.69 Å². The Morgan fingerprint density at radius 3 is 2.42 bits per heavy atom. The fraction of sp³-hybridized carbons (Fsp3) is 0.333. The molecule has 170 valence electrons. The molecule has 2 aliphatic rings. The zero-order valence-corrected chi connectivity index (χ0v) is 18.7. The Labute approximate surface area is 194 Å². The van der Waals surface area contributed by atoms with Crippen LogP contribution in [0.2, 0.25) is 0 Å². The Hall–Kier alpha value is -3.38. The fourth-order valence-electron chi connectivity index (χ4n) is 4.85. The van der Waals surface area contributed by atoms with Gasteiger partial charge in [-0.1, -0.05) is 36.4 Å². The molecule has 6 heteroatoms. The molecule has 1 amide bonds. The second-order valence-corrected chi connectivity index (χ2v) is 9.04. The first kappa shape index (κ1) is 21.5. The first-order valence-corrected chi connectivity index (χ1v) is 11.5. The normalized spacial score (nSPS) is 20.3. The Balaban J connectivity index is 1.09. The van der Waals surface area contributed by atoms with Crippen LogP contribution in [-0.2, 0) is 11.3 Å². The van der Waals surface area contributed by atoms with Gasteiger partial charge < -0.3 is 14.4 Å². The summed E-state index contributed by atoms with van der Waals surface area (Å²) in [5.41, 5.74) is 1.58. The number of carbonyl (C=O) groups is 1. The van der Waals surface area contributed by atoms with Crippen LogP contribution in [0, 0.1) is 5.41 Å². The number of nitrogens with zero attached hydrogens (tertiary/aromatic N) is 3. The third-order valence-electron chi connectivity index (χ3n) is 6.60. The molecule has 0 aliphatic carbocycles. The summed E-state index contributed by atoms with van der Waals surface area (Å²) < 4.78 is 11.5. The third-order valence-corrected chi connectivity index (χ3v) is 6.60. The van der Waals surface area contributed by atoms with Gasteiger partial charge in [-0.15, -0.1) is 0 Å². The topological polar surface area (TPSA) is 54.9 Å². The van der Waals surface area contributed by atoms with Gasteiger partial charge in [0.25, 0.3) is 5.91 Å². The maximum atomic E-state index is 12.8. The third kappa shape index (κ3) is 5.34. The van der Waals surface area contributed by atoms with Crippen molar-refractivity contribution >= 4 is 5.91 Å². The minimum absolute atomic E-state index is 0.0576. The van der Waals surface area contributed by atoms with Crippen LogP contribution in [0.3, 0.4) is 0 Å². The molecule has 1 unspecified atom stereocenters. The summed E-state index contributed by atoms with van der Waals surface area (Å²) in [5.74, 6) is 1.93. The van der Waals surface area contributed by atoms with Crippen LogP contribution in [0.25, 0.3) is 0 Å². The van der Waals surface area contributed by atoms with Crippen LogP contribution < -0.4 is 9.47 Å². The van der Waals surface area contributed by atoms with E-state index in [2.05, 4.69) is 40.2 Å². The maximum absolute atomic E-state index is 12.8. The summed E-state index contributed by atoms with van der Waals surface area (Å²) in [4.78, 5) is 21.4.